The van der Waals surface area contributed by atoms with Gasteiger partial charge in [0.2, 0.25) is 0 Å². The van der Waals surface area contributed by atoms with Gasteiger partial charge in [-0.2, -0.15) is 0 Å². The second-order valence-corrected chi connectivity index (χ2v) is 9.84. The van der Waals surface area contributed by atoms with Crippen LogP contribution in [-0.4, -0.2) is 40.7 Å². The number of likely N-dealkylation sites (tertiary alicyclic amines) is 1. The number of phenols is 1. The molecule has 1 aliphatic heterocycles. The molecule has 1 aliphatic rings. The van der Waals surface area contributed by atoms with Crippen LogP contribution in [0.1, 0.15) is 50.8 Å². The van der Waals surface area contributed by atoms with Gasteiger partial charge < -0.3 is 15.3 Å². The van der Waals surface area contributed by atoms with E-state index < -0.39 is 0 Å². The molecule has 2 N–H and O–H groups in total. The number of urea groups is 1. The lowest BCUT2D eigenvalue weighted by molar-refractivity contribution is -0.0373. The average Bonchev–Trinajstić information content (AvgIpc) is 2.68. The van der Waals surface area contributed by atoms with Gasteiger partial charge in [0.05, 0.1) is 22.3 Å². The van der Waals surface area contributed by atoms with E-state index in [0.29, 0.717) is 16.6 Å². The van der Waals surface area contributed by atoms with Crippen LogP contribution in [0.15, 0.2) is 42.5 Å². The molecule has 0 radical (unpaired) electrons. The van der Waals surface area contributed by atoms with Crippen LogP contribution in [0.2, 0.25) is 10.0 Å². The highest BCUT2D eigenvalue weighted by molar-refractivity contribution is 6.42. The molecule has 2 aromatic rings. The number of hydrogen-bond acceptors (Lipinski definition) is 3. The number of hydrogen-bond donors (Lipinski definition) is 2. The third-order valence-electron chi connectivity index (χ3n) is 6.06. The van der Waals surface area contributed by atoms with E-state index in [-0.39, 0.29) is 29.4 Å². The lowest BCUT2D eigenvalue weighted by Crippen LogP contribution is -2.60. The summed E-state index contributed by atoms with van der Waals surface area (Å²) in [5.41, 5.74) is 1.56. The number of phenolic OH excluding ortho intramolecular Hbond substituents is 1. The van der Waals surface area contributed by atoms with Crippen molar-refractivity contribution in [2.45, 2.75) is 52.4 Å². The first-order chi connectivity index (χ1) is 14.6. The van der Waals surface area contributed by atoms with Crippen molar-refractivity contribution in [1.82, 2.24) is 15.1 Å². The summed E-state index contributed by atoms with van der Waals surface area (Å²) in [6.07, 6.45) is 2.03. The van der Waals surface area contributed by atoms with Crippen molar-refractivity contribution in [3.05, 3.63) is 63.6 Å². The van der Waals surface area contributed by atoms with E-state index >= 15 is 0 Å². The Morgan fingerprint density at radius 2 is 2.00 bits per heavy atom. The van der Waals surface area contributed by atoms with E-state index in [0.717, 1.165) is 30.5 Å². The van der Waals surface area contributed by atoms with Crippen LogP contribution in [0, 0.1) is 5.41 Å². The Morgan fingerprint density at radius 3 is 2.68 bits per heavy atom. The average molecular weight is 464 g/mol. The zero-order valence-electron chi connectivity index (χ0n) is 18.5. The first kappa shape index (κ1) is 23.7. The predicted octanol–water partition coefficient (Wildman–Crippen LogP) is 6.05. The molecule has 0 bridgehead atoms. The number of carbonyl (C=O) groups excluding carboxylic acids is 1. The fourth-order valence-corrected chi connectivity index (χ4v) is 5.09. The van der Waals surface area contributed by atoms with Gasteiger partial charge in [-0.3, -0.25) is 4.90 Å². The fourth-order valence-electron chi connectivity index (χ4n) is 4.61. The number of benzene rings is 2. The van der Waals surface area contributed by atoms with Gasteiger partial charge in [0.1, 0.15) is 5.75 Å². The Balaban J connectivity index is 1.91. The minimum absolute atomic E-state index is 0.0852. The van der Waals surface area contributed by atoms with Crippen LogP contribution in [0.4, 0.5) is 4.79 Å². The first-order valence-electron chi connectivity index (χ1n) is 10.6. The topological polar surface area (TPSA) is 55.8 Å². The number of amides is 2. The molecule has 5 nitrogen and oxygen atoms in total. The third-order valence-corrected chi connectivity index (χ3v) is 6.89. The fraction of sp³-hybridized carbons (Fsp3) is 0.458. The largest absolute Gasteiger partial charge is 0.508 e. The molecule has 168 valence electrons. The quantitative estimate of drug-likeness (QED) is 0.567. The minimum Gasteiger partial charge on any atom is -0.508 e. The van der Waals surface area contributed by atoms with Crippen LogP contribution in [0.5, 0.6) is 5.75 Å². The van der Waals surface area contributed by atoms with E-state index in [9.17, 15) is 9.90 Å². The summed E-state index contributed by atoms with van der Waals surface area (Å²) in [5, 5.41) is 13.9. The zero-order chi connectivity index (χ0) is 22.8. The molecule has 0 aliphatic carbocycles. The maximum Gasteiger partial charge on any atom is 0.319 e. The van der Waals surface area contributed by atoms with Crippen LogP contribution in [-0.2, 0) is 6.54 Å². The SMILES string of the molecule is CC(NC(=O)N(Cc1cccc(O)c1)C1N(C)CCCC1(C)C)c1cccc(Cl)c1Cl. The molecule has 3 rings (SSSR count). The maximum absolute atomic E-state index is 13.6. The van der Waals surface area contributed by atoms with E-state index in [2.05, 4.69) is 31.1 Å². The van der Waals surface area contributed by atoms with E-state index in [1.54, 1.807) is 24.3 Å². The van der Waals surface area contributed by atoms with Crippen molar-refractivity contribution in [1.29, 1.82) is 0 Å². The third kappa shape index (κ3) is 5.46. The highest BCUT2D eigenvalue weighted by Crippen LogP contribution is 2.37. The first-order valence-corrected chi connectivity index (χ1v) is 11.3. The van der Waals surface area contributed by atoms with Gasteiger partial charge in [0.15, 0.2) is 0 Å². The molecular weight excluding hydrogens is 433 g/mol. The molecular formula is C24H31Cl2N3O2. The Bertz CT molecular complexity index is 935. The summed E-state index contributed by atoms with van der Waals surface area (Å²) >= 11 is 12.6. The molecule has 31 heavy (non-hydrogen) atoms. The van der Waals surface area contributed by atoms with E-state index in [1.807, 2.05) is 30.0 Å². The number of rotatable bonds is 5. The van der Waals surface area contributed by atoms with Crippen LogP contribution in [0.3, 0.4) is 0 Å². The van der Waals surface area contributed by atoms with Gasteiger partial charge in [-0.25, -0.2) is 4.79 Å². The van der Waals surface area contributed by atoms with Crippen LogP contribution >= 0.6 is 23.2 Å². The molecule has 0 saturated carbocycles. The van der Waals surface area contributed by atoms with Crippen molar-refractivity contribution in [3.63, 3.8) is 0 Å². The standard InChI is InChI=1S/C24H31Cl2N3O2/c1-16(19-10-6-11-20(25)21(19)26)27-23(31)29(15-17-8-5-9-18(30)14-17)22-24(2,3)12-7-13-28(22)4/h5-6,8-11,14,16,22,30H,7,12-13,15H2,1-4H3,(H,27,31). The summed E-state index contributed by atoms with van der Waals surface area (Å²) in [5.74, 6) is 0.188. The Kier molecular flexibility index (Phi) is 7.40. The zero-order valence-corrected chi connectivity index (χ0v) is 20.0. The summed E-state index contributed by atoms with van der Waals surface area (Å²) in [4.78, 5) is 17.7. The Hall–Kier alpha value is -1.95. The summed E-state index contributed by atoms with van der Waals surface area (Å²) in [6.45, 7) is 7.61. The number of nitrogens with zero attached hydrogens (tertiary/aromatic N) is 2. The lowest BCUT2D eigenvalue weighted by Gasteiger charge is -2.50. The molecule has 2 amide bonds. The van der Waals surface area contributed by atoms with Crippen molar-refractivity contribution in [2.24, 2.45) is 5.41 Å². The molecule has 1 fully saturated rings. The van der Waals surface area contributed by atoms with Gasteiger partial charge in [0.25, 0.3) is 0 Å². The summed E-state index contributed by atoms with van der Waals surface area (Å²) in [6, 6.07) is 12.0. The van der Waals surface area contributed by atoms with Crippen molar-refractivity contribution in [2.75, 3.05) is 13.6 Å². The summed E-state index contributed by atoms with van der Waals surface area (Å²) < 4.78 is 0. The number of aromatic hydroxyl groups is 1. The number of nitrogens with one attached hydrogen (secondary N) is 1. The number of halogens is 2. The molecule has 1 heterocycles. The normalized spacial score (nSPS) is 19.6. The van der Waals surface area contributed by atoms with Crippen molar-refractivity contribution < 1.29 is 9.90 Å². The smallest absolute Gasteiger partial charge is 0.319 e. The second-order valence-electron chi connectivity index (χ2n) is 9.06. The molecule has 0 aromatic heterocycles. The number of piperidine rings is 1. The summed E-state index contributed by atoms with van der Waals surface area (Å²) in [7, 11) is 2.06. The number of carbonyl (C=O) groups is 1. The van der Waals surface area contributed by atoms with Gasteiger partial charge in [-0.05, 0) is 68.1 Å². The van der Waals surface area contributed by atoms with Crippen LogP contribution in [0.25, 0.3) is 0 Å². The Labute approximate surface area is 194 Å². The molecule has 0 spiro atoms. The predicted molar refractivity (Wildman–Crippen MR) is 126 cm³/mol. The molecule has 2 unspecified atom stereocenters. The van der Waals surface area contributed by atoms with Gasteiger partial charge in [0, 0.05) is 6.54 Å². The Morgan fingerprint density at radius 1 is 1.29 bits per heavy atom. The molecule has 7 heteroatoms. The molecule has 2 aromatic carbocycles. The molecule has 1 saturated heterocycles. The van der Waals surface area contributed by atoms with Crippen molar-refractivity contribution >= 4 is 29.2 Å². The van der Waals surface area contributed by atoms with Gasteiger partial charge in [-0.1, -0.05) is 61.3 Å². The molecule has 2 atom stereocenters. The van der Waals surface area contributed by atoms with Gasteiger partial charge >= 0.3 is 6.03 Å². The maximum atomic E-state index is 13.6. The minimum atomic E-state index is -0.317. The van der Waals surface area contributed by atoms with Crippen molar-refractivity contribution in [3.8, 4) is 5.75 Å². The monoisotopic (exact) mass is 463 g/mol. The van der Waals surface area contributed by atoms with Crippen LogP contribution < -0.4 is 5.32 Å². The van der Waals surface area contributed by atoms with E-state index in [4.69, 9.17) is 23.2 Å². The van der Waals surface area contributed by atoms with E-state index in [1.165, 1.54) is 0 Å². The highest BCUT2D eigenvalue weighted by Gasteiger charge is 2.42. The second kappa shape index (κ2) is 9.68. The lowest BCUT2D eigenvalue weighted by atomic mass is 9.80. The highest BCUT2D eigenvalue weighted by atomic mass is 35.5. The van der Waals surface area contributed by atoms with Gasteiger partial charge in [-0.15, -0.1) is 0 Å².